The van der Waals surface area contributed by atoms with Gasteiger partial charge in [0, 0.05) is 55.9 Å². The normalized spacial score (nSPS) is 13.4. The number of carbonyl (C=O) groups is 1. The third kappa shape index (κ3) is 5.31. The predicted octanol–water partition coefficient (Wildman–Crippen LogP) is 2.05. The van der Waals surface area contributed by atoms with Gasteiger partial charge in [-0.1, -0.05) is 12.1 Å². The fraction of sp³-hybridized carbons (Fsp3) is 0.280. The molecule has 0 aliphatic carbocycles. The number of nitrogens with one attached hydrogen (secondary N) is 2. The summed E-state index contributed by atoms with van der Waals surface area (Å²) < 4.78 is 7.33. The number of carbonyl (C=O) groups excluding carboxylic acids is 1. The average molecular weight is 486 g/mol. The molecule has 4 heterocycles. The summed E-state index contributed by atoms with van der Waals surface area (Å²) in [4.78, 5) is 27.8. The number of hydrogen-bond acceptors (Lipinski definition) is 9. The minimum absolute atomic E-state index is 0.153. The second kappa shape index (κ2) is 10.9. The van der Waals surface area contributed by atoms with Crippen LogP contribution < -0.4 is 15.5 Å². The van der Waals surface area contributed by atoms with Crippen LogP contribution in [0.2, 0.25) is 0 Å². The van der Waals surface area contributed by atoms with Crippen molar-refractivity contribution in [3.8, 4) is 11.5 Å². The summed E-state index contributed by atoms with van der Waals surface area (Å²) in [5.74, 6) is 2.14. The number of rotatable bonds is 8. The van der Waals surface area contributed by atoms with Gasteiger partial charge in [0.05, 0.1) is 19.8 Å². The fourth-order valence-electron chi connectivity index (χ4n) is 4.02. The van der Waals surface area contributed by atoms with E-state index >= 15 is 0 Å². The Morgan fingerprint density at radius 1 is 1.03 bits per heavy atom. The molecular formula is C25H27N9O2. The van der Waals surface area contributed by atoms with E-state index in [1.165, 1.54) is 6.33 Å². The number of aromatic nitrogens is 6. The summed E-state index contributed by atoms with van der Waals surface area (Å²) in [6.07, 6.45) is 4.93. The standard InChI is InChI=1S/C25H27N9O2/c1-33-22(31-32-24(33)21-7-9-26-17-30-21)16-28-20-6-2-4-18(14-20)25(35)29-15-19-5-3-8-27-23(19)34-10-12-36-13-11-34/h2-9,14,17,28H,10-13,15-16H2,1H3,(H,29,35). The summed E-state index contributed by atoms with van der Waals surface area (Å²) in [5.41, 5.74) is 3.06. The number of pyridine rings is 1. The van der Waals surface area contributed by atoms with Crippen molar-refractivity contribution in [3.63, 3.8) is 0 Å². The van der Waals surface area contributed by atoms with Gasteiger partial charge in [-0.15, -0.1) is 10.2 Å². The summed E-state index contributed by atoms with van der Waals surface area (Å²) in [6, 6.07) is 13.1. The third-order valence-electron chi connectivity index (χ3n) is 5.97. The van der Waals surface area contributed by atoms with Crippen molar-refractivity contribution < 1.29 is 9.53 Å². The number of morpholine rings is 1. The zero-order valence-electron chi connectivity index (χ0n) is 20.0. The third-order valence-corrected chi connectivity index (χ3v) is 5.97. The van der Waals surface area contributed by atoms with E-state index in [-0.39, 0.29) is 5.91 Å². The van der Waals surface area contributed by atoms with E-state index in [0.29, 0.717) is 43.4 Å². The molecule has 0 atom stereocenters. The first-order valence-corrected chi connectivity index (χ1v) is 11.7. The van der Waals surface area contributed by atoms with Crippen molar-refractivity contribution in [3.05, 3.63) is 78.1 Å². The maximum Gasteiger partial charge on any atom is 0.251 e. The van der Waals surface area contributed by atoms with Crippen LogP contribution in [0.1, 0.15) is 21.7 Å². The van der Waals surface area contributed by atoms with Gasteiger partial charge in [0.2, 0.25) is 0 Å². The molecule has 1 aromatic carbocycles. The predicted molar refractivity (Wildman–Crippen MR) is 134 cm³/mol. The van der Waals surface area contributed by atoms with E-state index in [0.717, 1.165) is 36.0 Å². The molecule has 11 heteroatoms. The van der Waals surface area contributed by atoms with Crippen LogP contribution in [0.4, 0.5) is 11.5 Å². The van der Waals surface area contributed by atoms with Gasteiger partial charge in [0.15, 0.2) is 11.6 Å². The first-order valence-electron chi connectivity index (χ1n) is 11.7. The van der Waals surface area contributed by atoms with Crippen LogP contribution in [0.3, 0.4) is 0 Å². The number of ether oxygens (including phenoxy) is 1. The molecule has 1 saturated heterocycles. The van der Waals surface area contributed by atoms with E-state index in [1.807, 2.05) is 41.9 Å². The van der Waals surface area contributed by atoms with Gasteiger partial charge in [-0.05, 0) is 30.3 Å². The highest BCUT2D eigenvalue weighted by Crippen LogP contribution is 2.19. The number of anilines is 2. The topological polar surface area (TPSA) is 123 Å². The van der Waals surface area contributed by atoms with Gasteiger partial charge < -0.3 is 24.8 Å². The van der Waals surface area contributed by atoms with Gasteiger partial charge in [-0.3, -0.25) is 4.79 Å². The van der Waals surface area contributed by atoms with Crippen LogP contribution in [-0.2, 0) is 24.9 Å². The lowest BCUT2D eigenvalue weighted by atomic mass is 10.1. The molecule has 1 fully saturated rings. The highest BCUT2D eigenvalue weighted by molar-refractivity contribution is 5.95. The Morgan fingerprint density at radius 2 is 1.92 bits per heavy atom. The van der Waals surface area contributed by atoms with Crippen LogP contribution in [0, 0.1) is 0 Å². The van der Waals surface area contributed by atoms with E-state index < -0.39 is 0 Å². The Hall–Kier alpha value is -4.38. The smallest absolute Gasteiger partial charge is 0.251 e. The molecule has 0 spiro atoms. The molecular weight excluding hydrogens is 458 g/mol. The molecule has 36 heavy (non-hydrogen) atoms. The molecule has 0 saturated carbocycles. The van der Waals surface area contributed by atoms with E-state index in [2.05, 4.69) is 40.7 Å². The van der Waals surface area contributed by atoms with Crippen molar-refractivity contribution in [2.45, 2.75) is 13.1 Å². The van der Waals surface area contributed by atoms with Crippen LogP contribution in [-0.4, -0.2) is 61.9 Å². The lowest BCUT2D eigenvalue weighted by Gasteiger charge is -2.29. The van der Waals surface area contributed by atoms with Crippen molar-refractivity contribution >= 4 is 17.4 Å². The second-order valence-corrected chi connectivity index (χ2v) is 8.30. The molecule has 1 aliphatic rings. The first-order chi connectivity index (χ1) is 17.7. The minimum Gasteiger partial charge on any atom is -0.378 e. The fourth-order valence-corrected chi connectivity index (χ4v) is 4.02. The van der Waals surface area contributed by atoms with Gasteiger partial charge >= 0.3 is 0 Å². The minimum atomic E-state index is -0.153. The number of amides is 1. The van der Waals surface area contributed by atoms with Crippen molar-refractivity contribution in [2.75, 3.05) is 36.5 Å². The van der Waals surface area contributed by atoms with Gasteiger partial charge in [0.25, 0.3) is 5.91 Å². The van der Waals surface area contributed by atoms with Crippen molar-refractivity contribution in [2.24, 2.45) is 7.05 Å². The van der Waals surface area contributed by atoms with Gasteiger partial charge in [-0.2, -0.15) is 0 Å². The highest BCUT2D eigenvalue weighted by Gasteiger charge is 2.17. The Kier molecular flexibility index (Phi) is 7.08. The summed E-state index contributed by atoms with van der Waals surface area (Å²) >= 11 is 0. The quantitative estimate of drug-likeness (QED) is 0.386. The van der Waals surface area contributed by atoms with Crippen LogP contribution >= 0.6 is 0 Å². The molecule has 1 aliphatic heterocycles. The average Bonchev–Trinajstić information content (AvgIpc) is 3.31. The Morgan fingerprint density at radius 3 is 2.75 bits per heavy atom. The maximum atomic E-state index is 12.9. The van der Waals surface area contributed by atoms with E-state index in [9.17, 15) is 4.79 Å². The van der Waals surface area contributed by atoms with E-state index in [1.54, 1.807) is 24.5 Å². The van der Waals surface area contributed by atoms with Gasteiger partial charge in [0.1, 0.15) is 17.8 Å². The molecule has 5 rings (SSSR count). The number of nitrogens with zero attached hydrogens (tertiary/aromatic N) is 7. The molecule has 0 radical (unpaired) electrons. The number of hydrogen-bond donors (Lipinski definition) is 2. The molecule has 3 aromatic heterocycles. The molecule has 1 amide bonds. The lowest BCUT2D eigenvalue weighted by molar-refractivity contribution is 0.0950. The molecule has 184 valence electrons. The first kappa shape index (κ1) is 23.4. The molecule has 0 bridgehead atoms. The van der Waals surface area contributed by atoms with Crippen LogP contribution in [0.15, 0.2) is 61.2 Å². The zero-order chi connectivity index (χ0) is 24.7. The SMILES string of the molecule is Cn1c(CNc2cccc(C(=O)NCc3cccnc3N3CCOCC3)c2)nnc1-c1ccncn1. The highest BCUT2D eigenvalue weighted by atomic mass is 16.5. The molecule has 11 nitrogen and oxygen atoms in total. The summed E-state index contributed by atoms with van der Waals surface area (Å²) in [7, 11) is 1.89. The Labute approximate surface area is 208 Å². The zero-order valence-corrected chi connectivity index (χ0v) is 20.0. The van der Waals surface area contributed by atoms with Crippen LogP contribution in [0.25, 0.3) is 11.5 Å². The second-order valence-electron chi connectivity index (χ2n) is 8.30. The number of benzene rings is 1. The van der Waals surface area contributed by atoms with Crippen molar-refractivity contribution in [1.82, 2.24) is 35.0 Å². The summed E-state index contributed by atoms with van der Waals surface area (Å²) in [5, 5.41) is 14.9. The molecule has 4 aromatic rings. The largest absolute Gasteiger partial charge is 0.378 e. The Bertz CT molecular complexity index is 1320. The van der Waals surface area contributed by atoms with E-state index in [4.69, 9.17) is 4.74 Å². The monoisotopic (exact) mass is 485 g/mol. The summed E-state index contributed by atoms with van der Waals surface area (Å²) in [6.45, 7) is 3.77. The lowest BCUT2D eigenvalue weighted by Crippen LogP contribution is -2.37. The molecule has 2 N–H and O–H groups in total. The maximum absolute atomic E-state index is 12.9. The molecule has 0 unspecified atom stereocenters. The Balaban J connectivity index is 1.21. The van der Waals surface area contributed by atoms with Gasteiger partial charge in [-0.25, -0.2) is 15.0 Å². The van der Waals surface area contributed by atoms with Crippen molar-refractivity contribution in [1.29, 1.82) is 0 Å². The van der Waals surface area contributed by atoms with Crippen LogP contribution in [0.5, 0.6) is 0 Å².